The summed E-state index contributed by atoms with van der Waals surface area (Å²) >= 11 is 0. The molecule has 2 amide bonds. The number of aryl methyl sites for hydroxylation is 1. The number of carbonyl (C=O) groups is 2. The van der Waals surface area contributed by atoms with E-state index in [-0.39, 0.29) is 35.9 Å². The molecule has 0 saturated heterocycles. The van der Waals surface area contributed by atoms with Gasteiger partial charge in [-0.15, -0.1) is 0 Å². The Morgan fingerprint density at radius 2 is 1.81 bits per heavy atom. The zero-order chi connectivity index (χ0) is 19.2. The lowest BCUT2D eigenvalue weighted by molar-refractivity contribution is -0.121. The van der Waals surface area contributed by atoms with Crippen LogP contribution in [-0.4, -0.2) is 27.1 Å². The number of aromatic nitrogens is 2. The van der Waals surface area contributed by atoms with Gasteiger partial charge in [0.1, 0.15) is 11.6 Å². The molecule has 0 radical (unpaired) electrons. The molecule has 1 aromatic heterocycles. The molecule has 2 aromatic carbocycles. The number of phenols is 1. The Hall–Kier alpha value is -3.75. The minimum Gasteiger partial charge on any atom is -0.507 e. The maximum absolute atomic E-state index is 12.9. The lowest BCUT2D eigenvalue weighted by atomic mass is 10.2. The predicted molar refractivity (Wildman–Crippen MR) is 91.7 cm³/mol. The molecule has 138 valence electrons. The van der Waals surface area contributed by atoms with Crippen LogP contribution in [-0.2, 0) is 11.2 Å². The van der Waals surface area contributed by atoms with Gasteiger partial charge in [0.2, 0.25) is 17.6 Å². The lowest BCUT2D eigenvalue weighted by Gasteiger charge is -2.07. The van der Waals surface area contributed by atoms with Crippen LogP contribution in [0.4, 0.5) is 4.39 Å². The van der Waals surface area contributed by atoms with Crippen LogP contribution in [0.5, 0.6) is 5.75 Å². The van der Waals surface area contributed by atoms with Crippen molar-refractivity contribution < 1.29 is 23.6 Å². The third-order valence-electron chi connectivity index (χ3n) is 3.60. The highest BCUT2D eigenvalue weighted by Crippen LogP contribution is 2.17. The van der Waals surface area contributed by atoms with Crippen LogP contribution in [0.25, 0.3) is 11.4 Å². The third-order valence-corrected chi connectivity index (χ3v) is 3.60. The number of hydrogen-bond donors (Lipinski definition) is 3. The van der Waals surface area contributed by atoms with Gasteiger partial charge in [0.25, 0.3) is 5.91 Å². The number of halogens is 1. The molecule has 3 aromatic rings. The number of nitrogens with zero attached hydrogens (tertiary/aromatic N) is 2. The van der Waals surface area contributed by atoms with Gasteiger partial charge in [0.05, 0.1) is 5.56 Å². The topological polar surface area (TPSA) is 117 Å². The lowest BCUT2D eigenvalue weighted by Crippen LogP contribution is -2.41. The summed E-state index contributed by atoms with van der Waals surface area (Å²) in [6, 6.07) is 11.6. The van der Waals surface area contributed by atoms with Crippen LogP contribution < -0.4 is 10.9 Å². The van der Waals surface area contributed by atoms with Gasteiger partial charge in [-0.25, -0.2) is 4.39 Å². The van der Waals surface area contributed by atoms with E-state index >= 15 is 0 Å². The molecule has 0 bridgehead atoms. The average Bonchev–Trinajstić information content (AvgIpc) is 3.14. The summed E-state index contributed by atoms with van der Waals surface area (Å²) in [6.07, 6.45) is 0.151. The fraction of sp³-hybridized carbons (Fsp3) is 0.111. The molecular weight excluding hydrogens is 355 g/mol. The van der Waals surface area contributed by atoms with E-state index in [0.29, 0.717) is 11.4 Å². The summed E-state index contributed by atoms with van der Waals surface area (Å²) in [4.78, 5) is 27.8. The van der Waals surface area contributed by atoms with E-state index < -0.39 is 11.8 Å². The molecule has 0 fully saturated rings. The highest BCUT2D eigenvalue weighted by Gasteiger charge is 2.13. The molecule has 27 heavy (non-hydrogen) atoms. The molecule has 0 spiro atoms. The molecular formula is C18H15FN4O4. The van der Waals surface area contributed by atoms with Crippen LogP contribution in [0, 0.1) is 5.82 Å². The van der Waals surface area contributed by atoms with E-state index in [1.54, 1.807) is 12.1 Å². The first-order chi connectivity index (χ1) is 13.0. The fourth-order valence-electron chi connectivity index (χ4n) is 2.22. The maximum atomic E-state index is 12.9. The summed E-state index contributed by atoms with van der Waals surface area (Å²) in [7, 11) is 0. The predicted octanol–water partition coefficient (Wildman–Crippen LogP) is 1.98. The molecule has 0 saturated carbocycles. The Labute approximate surface area is 153 Å². The maximum Gasteiger partial charge on any atom is 0.273 e. The number of amides is 2. The molecule has 3 N–H and O–H groups in total. The summed E-state index contributed by atoms with van der Waals surface area (Å²) in [5.74, 6) is -1.15. The van der Waals surface area contributed by atoms with Crippen molar-refractivity contribution >= 4 is 11.8 Å². The van der Waals surface area contributed by atoms with E-state index in [4.69, 9.17) is 4.52 Å². The number of carbonyl (C=O) groups excluding carboxylic acids is 2. The fourth-order valence-corrected chi connectivity index (χ4v) is 2.22. The van der Waals surface area contributed by atoms with E-state index in [2.05, 4.69) is 21.0 Å². The minimum atomic E-state index is -0.641. The number of rotatable bonds is 5. The van der Waals surface area contributed by atoms with E-state index in [1.165, 1.54) is 36.4 Å². The van der Waals surface area contributed by atoms with E-state index in [0.717, 1.165) is 0 Å². The van der Waals surface area contributed by atoms with Gasteiger partial charge in [0.15, 0.2) is 0 Å². The Kier molecular flexibility index (Phi) is 5.41. The van der Waals surface area contributed by atoms with Gasteiger partial charge in [-0.2, -0.15) is 4.98 Å². The quantitative estimate of drug-likeness (QED) is 0.591. The second-order valence-corrected chi connectivity index (χ2v) is 5.54. The SMILES string of the molecule is O=C(CCc1nc(-c2ccc(F)cc2)no1)NNC(=O)c1ccccc1O. The number of phenolic OH excluding ortho intramolecular Hbond substituents is 1. The van der Waals surface area contributed by atoms with Crippen molar-refractivity contribution in [2.24, 2.45) is 0 Å². The Morgan fingerprint density at radius 3 is 2.56 bits per heavy atom. The van der Waals surface area contributed by atoms with Gasteiger partial charge in [0, 0.05) is 18.4 Å². The Balaban J connectivity index is 1.49. The van der Waals surface area contributed by atoms with Gasteiger partial charge in [-0.3, -0.25) is 20.4 Å². The number of hydrazine groups is 1. The molecule has 1 heterocycles. The van der Waals surface area contributed by atoms with Crippen LogP contribution in [0.1, 0.15) is 22.7 Å². The molecule has 9 heteroatoms. The van der Waals surface area contributed by atoms with Crippen LogP contribution >= 0.6 is 0 Å². The molecule has 3 rings (SSSR count). The summed E-state index contributed by atoms with van der Waals surface area (Å²) in [5.41, 5.74) is 5.08. The largest absolute Gasteiger partial charge is 0.507 e. The minimum absolute atomic E-state index is 0.00783. The van der Waals surface area contributed by atoms with Crippen LogP contribution in [0.15, 0.2) is 53.1 Å². The van der Waals surface area contributed by atoms with Crippen molar-refractivity contribution in [1.82, 2.24) is 21.0 Å². The highest BCUT2D eigenvalue weighted by molar-refractivity contribution is 5.97. The van der Waals surface area contributed by atoms with Crippen molar-refractivity contribution in [3.05, 3.63) is 65.8 Å². The number of aromatic hydroxyl groups is 1. The van der Waals surface area contributed by atoms with Gasteiger partial charge < -0.3 is 9.63 Å². The molecule has 0 aliphatic rings. The monoisotopic (exact) mass is 370 g/mol. The van der Waals surface area contributed by atoms with E-state index in [1.807, 2.05) is 0 Å². The Bertz CT molecular complexity index is 956. The number of nitrogens with one attached hydrogen (secondary N) is 2. The number of para-hydroxylation sites is 1. The first kappa shape index (κ1) is 18.1. The number of benzene rings is 2. The van der Waals surface area contributed by atoms with Gasteiger partial charge in [-0.05, 0) is 36.4 Å². The molecule has 0 atom stereocenters. The van der Waals surface area contributed by atoms with Crippen molar-refractivity contribution in [2.75, 3.05) is 0 Å². The third kappa shape index (κ3) is 4.66. The van der Waals surface area contributed by atoms with Crippen LogP contribution in [0.2, 0.25) is 0 Å². The van der Waals surface area contributed by atoms with Gasteiger partial charge >= 0.3 is 0 Å². The summed E-state index contributed by atoms with van der Waals surface area (Å²) < 4.78 is 18.0. The van der Waals surface area contributed by atoms with Gasteiger partial charge in [-0.1, -0.05) is 17.3 Å². The van der Waals surface area contributed by atoms with Crippen molar-refractivity contribution in [3.8, 4) is 17.1 Å². The highest BCUT2D eigenvalue weighted by atomic mass is 19.1. The standard InChI is InChI=1S/C18H15FN4O4/c19-12-7-5-11(6-8-12)17-20-16(27-23-17)10-9-15(25)21-22-18(26)13-3-1-2-4-14(13)24/h1-8,24H,9-10H2,(H,21,25)(H,22,26). The molecule has 8 nitrogen and oxygen atoms in total. The molecule has 0 unspecified atom stereocenters. The van der Waals surface area contributed by atoms with Crippen LogP contribution in [0.3, 0.4) is 0 Å². The zero-order valence-corrected chi connectivity index (χ0v) is 14.0. The zero-order valence-electron chi connectivity index (χ0n) is 14.0. The molecule has 0 aliphatic carbocycles. The van der Waals surface area contributed by atoms with Crippen molar-refractivity contribution in [3.63, 3.8) is 0 Å². The van der Waals surface area contributed by atoms with Crippen molar-refractivity contribution in [2.45, 2.75) is 12.8 Å². The normalized spacial score (nSPS) is 10.4. The average molecular weight is 370 g/mol. The smallest absolute Gasteiger partial charge is 0.273 e. The summed E-state index contributed by atoms with van der Waals surface area (Å²) in [5, 5.41) is 13.4. The van der Waals surface area contributed by atoms with Crippen molar-refractivity contribution in [1.29, 1.82) is 0 Å². The first-order valence-electron chi connectivity index (χ1n) is 7.98. The van der Waals surface area contributed by atoms with E-state index in [9.17, 15) is 19.1 Å². The Morgan fingerprint density at radius 1 is 1.07 bits per heavy atom. The first-order valence-corrected chi connectivity index (χ1v) is 7.98. The second kappa shape index (κ2) is 8.09. The molecule has 0 aliphatic heterocycles. The number of hydrogen-bond acceptors (Lipinski definition) is 6. The second-order valence-electron chi connectivity index (χ2n) is 5.54. The summed E-state index contributed by atoms with van der Waals surface area (Å²) in [6.45, 7) is 0.